The Morgan fingerprint density at radius 1 is 1.22 bits per heavy atom. The van der Waals surface area contributed by atoms with E-state index in [1.54, 1.807) is 29.4 Å². The van der Waals surface area contributed by atoms with Crippen LogP contribution in [0.4, 0.5) is 0 Å². The summed E-state index contributed by atoms with van der Waals surface area (Å²) in [5, 5.41) is 10.9. The zero-order valence-electron chi connectivity index (χ0n) is 12.7. The fraction of sp³-hybridized carbons (Fsp3) is 0.333. The molecule has 1 aliphatic rings. The Balaban J connectivity index is 1.70. The molecule has 1 N–H and O–H groups in total. The number of carbonyl (C=O) groups excluding carboxylic acids is 1. The molecule has 4 nitrogen and oxygen atoms in total. The number of benzene rings is 1. The summed E-state index contributed by atoms with van der Waals surface area (Å²) in [6.45, 7) is 0.587. The minimum atomic E-state index is -0.527. The van der Waals surface area contributed by atoms with Gasteiger partial charge in [-0.3, -0.25) is 9.78 Å². The predicted molar refractivity (Wildman–Crippen MR) is 89.1 cm³/mol. The molecule has 1 aromatic heterocycles. The van der Waals surface area contributed by atoms with Crippen LogP contribution in [0.5, 0.6) is 0 Å². The van der Waals surface area contributed by atoms with Crippen molar-refractivity contribution in [2.45, 2.75) is 31.4 Å². The number of amides is 1. The van der Waals surface area contributed by atoms with E-state index in [-0.39, 0.29) is 11.9 Å². The first-order chi connectivity index (χ1) is 11.1. The second-order valence-electron chi connectivity index (χ2n) is 5.80. The zero-order chi connectivity index (χ0) is 16.2. The van der Waals surface area contributed by atoms with Crippen molar-refractivity contribution in [3.63, 3.8) is 0 Å². The summed E-state index contributed by atoms with van der Waals surface area (Å²) in [5.41, 5.74) is 2.02. The maximum Gasteiger partial charge on any atom is 0.223 e. The fourth-order valence-electron chi connectivity index (χ4n) is 3.06. The van der Waals surface area contributed by atoms with Crippen molar-refractivity contribution in [2.75, 3.05) is 6.54 Å². The summed E-state index contributed by atoms with van der Waals surface area (Å²) in [5.74, 6) is 0.0679. The van der Waals surface area contributed by atoms with E-state index in [2.05, 4.69) is 4.98 Å². The minimum absolute atomic E-state index is 0.0679. The molecule has 2 atom stereocenters. The summed E-state index contributed by atoms with van der Waals surface area (Å²) in [6, 6.07) is 10.9. The summed E-state index contributed by atoms with van der Waals surface area (Å²) < 4.78 is 0. The molecule has 2 heterocycles. The van der Waals surface area contributed by atoms with Gasteiger partial charge in [-0.05, 0) is 48.2 Å². The molecule has 0 radical (unpaired) electrons. The fourth-order valence-corrected chi connectivity index (χ4v) is 3.19. The van der Waals surface area contributed by atoms with Crippen molar-refractivity contribution in [3.8, 4) is 0 Å². The van der Waals surface area contributed by atoms with Crippen LogP contribution in [-0.4, -0.2) is 33.5 Å². The standard InChI is InChI=1S/C18H19ClN2O2/c19-15-4-2-14(3-5-15)18-16(22)9-12-21(18)17(23)6-1-13-7-10-20-11-8-13/h2-5,7-8,10-11,16,18,22H,1,6,9,12H2/t16-,18-/m1/s1. The third-order valence-corrected chi connectivity index (χ3v) is 4.53. The summed E-state index contributed by atoms with van der Waals surface area (Å²) >= 11 is 5.92. The number of nitrogens with zero attached hydrogens (tertiary/aromatic N) is 2. The summed E-state index contributed by atoms with van der Waals surface area (Å²) in [6.07, 6.45) is 4.66. The van der Waals surface area contributed by atoms with Crippen LogP contribution in [0, 0.1) is 0 Å². The predicted octanol–water partition coefficient (Wildman–Crippen LogP) is 3.00. The first-order valence-electron chi connectivity index (χ1n) is 7.77. The monoisotopic (exact) mass is 330 g/mol. The van der Waals surface area contributed by atoms with Crippen molar-refractivity contribution >= 4 is 17.5 Å². The Labute approximate surface area is 140 Å². The molecule has 0 spiro atoms. The molecule has 0 unspecified atom stereocenters. The van der Waals surface area contributed by atoms with Crippen molar-refractivity contribution < 1.29 is 9.90 Å². The van der Waals surface area contributed by atoms with E-state index in [0.717, 1.165) is 11.1 Å². The van der Waals surface area contributed by atoms with E-state index in [1.807, 2.05) is 24.3 Å². The lowest BCUT2D eigenvalue weighted by atomic mass is 10.0. The van der Waals surface area contributed by atoms with Crippen LogP contribution in [0.1, 0.15) is 30.0 Å². The molecule has 1 aromatic carbocycles. The number of aromatic nitrogens is 1. The van der Waals surface area contributed by atoms with Crippen LogP contribution in [0.25, 0.3) is 0 Å². The lowest BCUT2D eigenvalue weighted by Crippen LogP contribution is -2.33. The number of pyridine rings is 1. The third kappa shape index (κ3) is 3.71. The number of hydrogen-bond donors (Lipinski definition) is 1. The molecule has 0 saturated carbocycles. The quantitative estimate of drug-likeness (QED) is 0.937. The Morgan fingerprint density at radius 3 is 2.61 bits per heavy atom. The van der Waals surface area contributed by atoms with Crippen molar-refractivity contribution in [3.05, 3.63) is 64.9 Å². The van der Waals surface area contributed by atoms with Crippen molar-refractivity contribution in [2.24, 2.45) is 0 Å². The van der Waals surface area contributed by atoms with Crippen LogP contribution in [0.3, 0.4) is 0 Å². The topological polar surface area (TPSA) is 53.4 Å². The molecule has 23 heavy (non-hydrogen) atoms. The lowest BCUT2D eigenvalue weighted by Gasteiger charge is -2.27. The number of likely N-dealkylation sites (tertiary alicyclic amines) is 1. The van der Waals surface area contributed by atoms with Gasteiger partial charge in [0.1, 0.15) is 0 Å². The van der Waals surface area contributed by atoms with E-state index in [0.29, 0.717) is 30.8 Å². The van der Waals surface area contributed by atoms with Gasteiger partial charge >= 0.3 is 0 Å². The Hall–Kier alpha value is -1.91. The molecule has 0 bridgehead atoms. The highest BCUT2D eigenvalue weighted by Crippen LogP contribution is 2.33. The first-order valence-corrected chi connectivity index (χ1v) is 8.15. The smallest absolute Gasteiger partial charge is 0.223 e. The lowest BCUT2D eigenvalue weighted by molar-refractivity contribution is -0.133. The van der Waals surface area contributed by atoms with Gasteiger partial charge in [-0.1, -0.05) is 23.7 Å². The van der Waals surface area contributed by atoms with Gasteiger partial charge in [-0.15, -0.1) is 0 Å². The zero-order valence-corrected chi connectivity index (χ0v) is 13.5. The largest absolute Gasteiger partial charge is 0.391 e. The van der Waals surface area contributed by atoms with Crippen LogP contribution in [-0.2, 0) is 11.2 Å². The second kappa shape index (κ2) is 7.11. The average molecular weight is 331 g/mol. The number of aryl methyl sites for hydroxylation is 1. The van der Waals surface area contributed by atoms with Crippen LogP contribution >= 0.6 is 11.6 Å². The molecule has 120 valence electrons. The SMILES string of the molecule is O=C(CCc1ccncc1)N1CC[C@@H](O)[C@H]1c1ccc(Cl)cc1. The highest BCUT2D eigenvalue weighted by atomic mass is 35.5. The molecule has 5 heteroatoms. The van der Waals surface area contributed by atoms with E-state index < -0.39 is 6.10 Å². The molecule has 1 saturated heterocycles. The van der Waals surface area contributed by atoms with Crippen LogP contribution in [0.2, 0.25) is 5.02 Å². The van der Waals surface area contributed by atoms with Gasteiger partial charge in [0.25, 0.3) is 0 Å². The Morgan fingerprint density at radius 2 is 1.91 bits per heavy atom. The number of aliphatic hydroxyl groups excluding tert-OH is 1. The molecule has 2 aromatic rings. The van der Waals surface area contributed by atoms with E-state index in [4.69, 9.17) is 11.6 Å². The molecule has 0 aliphatic carbocycles. The summed E-state index contributed by atoms with van der Waals surface area (Å²) in [4.78, 5) is 18.4. The number of aliphatic hydroxyl groups is 1. The first kappa shape index (κ1) is 16.0. The third-order valence-electron chi connectivity index (χ3n) is 4.27. The van der Waals surface area contributed by atoms with Crippen LogP contribution < -0.4 is 0 Å². The van der Waals surface area contributed by atoms with Gasteiger partial charge in [0.2, 0.25) is 5.91 Å². The van der Waals surface area contributed by atoms with Gasteiger partial charge in [0, 0.05) is 30.4 Å². The number of carbonyl (C=O) groups is 1. The van der Waals surface area contributed by atoms with Gasteiger partial charge in [0.15, 0.2) is 0 Å². The Kier molecular flexibility index (Phi) is 4.94. The molecule has 1 fully saturated rings. The normalized spacial score (nSPS) is 20.7. The maximum absolute atomic E-state index is 12.6. The van der Waals surface area contributed by atoms with Gasteiger partial charge in [-0.25, -0.2) is 0 Å². The van der Waals surface area contributed by atoms with Gasteiger partial charge in [0.05, 0.1) is 12.1 Å². The van der Waals surface area contributed by atoms with Crippen molar-refractivity contribution in [1.29, 1.82) is 0 Å². The molecule has 1 amide bonds. The second-order valence-corrected chi connectivity index (χ2v) is 6.23. The number of rotatable bonds is 4. The molecule has 3 rings (SSSR count). The van der Waals surface area contributed by atoms with Crippen molar-refractivity contribution in [1.82, 2.24) is 9.88 Å². The van der Waals surface area contributed by atoms with E-state index in [9.17, 15) is 9.90 Å². The maximum atomic E-state index is 12.6. The Bertz CT molecular complexity index is 660. The highest BCUT2D eigenvalue weighted by molar-refractivity contribution is 6.30. The van der Waals surface area contributed by atoms with E-state index >= 15 is 0 Å². The minimum Gasteiger partial charge on any atom is -0.391 e. The average Bonchev–Trinajstić information content (AvgIpc) is 2.96. The molecular formula is C18H19ClN2O2. The molecular weight excluding hydrogens is 312 g/mol. The van der Waals surface area contributed by atoms with Gasteiger partial charge < -0.3 is 10.0 Å². The number of halogens is 1. The molecule has 1 aliphatic heterocycles. The van der Waals surface area contributed by atoms with Crippen LogP contribution in [0.15, 0.2) is 48.8 Å². The van der Waals surface area contributed by atoms with E-state index in [1.165, 1.54) is 0 Å². The van der Waals surface area contributed by atoms with Gasteiger partial charge in [-0.2, -0.15) is 0 Å². The summed E-state index contributed by atoms with van der Waals surface area (Å²) in [7, 11) is 0. The highest BCUT2D eigenvalue weighted by Gasteiger charge is 2.36. The number of hydrogen-bond acceptors (Lipinski definition) is 3.